The van der Waals surface area contributed by atoms with Gasteiger partial charge < -0.3 is 9.32 Å². The lowest BCUT2D eigenvalue weighted by Gasteiger charge is -2.32. The van der Waals surface area contributed by atoms with E-state index in [9.17, 15) is 0 Å². The Hall–Kier alpha value is -7.94. The van der Waals surface area contributed by atoms with Crippen LogP contribution in [0.1, 0.15) is 22.3 Å². The fraction of sp³-hybridized carbons (Fsp3) is 0.0169. The second-order valence-electron chi connectivity index (χ2n) is 16.3. The molecule has 2 nitrogen and oxygen atoms in total. The number of hydrogen-bond acceptors (Lipinski definition) is 2. The minimum atomic E-state index is -0.458. The third-order valence-electron chi connectivity index (χ3n) is 13.3. The topological polar surface area (TPSA) is 16.4 Å². The van der Waals surface area contributed by atoms with Gasteiger partial charge in [-0.05, 0) is 114 Å². The van der Waals surface area contributed by atoms with Crippen LogP contribution >= 0.6 is 0 Å². The monoisotopic (exact) mass is 775 g/mol. The molecular weight excluding hydrogens is 739 g/mol. The van der Waals surface area contributed by atoms with Gasteiger partial charge >= 0.3 is 0 Å². The highest BCUT2D eigenvalue weighted by molar-refractivity contribution is 6.14. The molecule has 0 aliphatic heterocycles. The van der Waals surface area contributed by atoms with Crippen LogP contribution in [0, 0.1) is 0 Å². The van der Waals surface area contributed by atoms with E-state index in [2.05, 4.69) is 223 Å². The van der Waals surface area contributed by atoms with Crippen molar-refractivity contribution in [2.45, 2.75) is 5.41 Å². The third kappa shape index (κ3) is 4.79. The molecule has 1 aromatic heterocycles. The van der Waals surface area contributed by atoms with Crippen LogP contribution in [-0.2, 0) is 5.41 Å². The van der Waals surface area contributed by atoms with Gasteiger partial charge in [-0.2, -0.15) is 0 Å². The van der Waals surface area contributed by atoms with E-state index in [0.717, 1.165) is 50.1 Å². The second-order valence-corrected chi connectivity index (χ2v) is 16.3. The summed E-state index contributed by atoms with van der Waals surface area (Å²) in [6.07, 6.45) is 0. The molecule has 13 rings (SSSR count). The number of rotatable bonds is 5. The second kappa shape index (κ2) is 13.0. The van der Waals surface area contributed by atoms with Crippen LogP contribution in [0.15, 0.2) is 229 Å². The SMILES string of the molecule is c1ccc(N(c2ccc(-c3cccc4ccccc34)cc2)c2ccc3c(c2)C2(c4ccccc4-c4ccccc42)c2ccccc2-3)c(-c2cccc3oc4ccccc4c23)c1. The normalized spacial score (nSPS) is 13.0. The molecule has 1 heterocycles. The molecule has 0 saturated heterocycles. The summed E-state index contributed by atoms with van der Waals surface area (Å²) >= 11 is 0. The first kappa shape index (κ1) is 34.0. The van der Waals surface area contributed by atoms with Gasteiger partial charge in [0.25, 0.3) is 0 Å². The zero-order valence-electron chi connectivity index (χ0n) is 33.2. The van der Waals surface area contributed by atoms with Gasteiger partial charge in [0, 0.05) is 27.7 Å². The predicted octanol–water partition coefficient (Wildman–Crippen LogP) is 15.9. The van der Waals surface area contributed by atoms with Gasteiger partial charge in [-0.3, -0.25) is 0 Å². The minimum Gasteiger partial charge on any atom is -0.456 e. The number of benzene rings is 10. The number of para-hydroxylation sites is 2. The van der Waals surface area contributed by atoms with Gasteiger partial charge in [-0.15, -0.1) is 0 Å². The third-order valence-corrected chi connectivity index (χ3v) is 13.3. The first-order valence-corrected chi connectivity index (χ1v) is 21.1. The summed E-state index contributed by atoms with van der Waals surface area (Å²) in [5, 5.41) is 4.73. The number of hydrogen-bond donors (Lipinski definition) is 0. The molecule has 0 bridgehead atoms. The van der Waals surface area contributed by atoms with E-state index in [4.69, 9.17) is 4.42 Å². The Morgan fingerprint density at radius 3 is 1.57 bits per heavy atom. The molecule has 2 aliphatic rings. The van der Waals surface area contributed by atoms with Gasteiger partial charge in [0.2, 0.25) is 0 Å². The van der Waals surface area contributed by atoms with Crippen LogP contribution in [-0.4, -0.2) is 0 Å². The van der Waals surface area contributed by atoms with E-state index >= 15 is 0 Å². The van der Waals surface area contributed by atoms with Crippen molar-refractivity contribution in [3.05, 3.63) is 247 Å². The Balaban J connectivity index is 1.07. The molecule has 1 spiro atoms. The molecule has 0 amide bonds. The highest BCUT2D eigenvalue weighted by atomic mass is 16.3. The zero-order valence-corrected chi connectivity index (χ0v) is 33.2. The number of fused-ring (bicyclic) bond motifs is 14. The van der Waals surface area contributed by atoms with Crippen molar-refractivity contribution in [3.8, 4) is 44.5 Å². The van der Waals surface area contributed by atoms with Gasteiger partial charge in [-0.1, -0.05) is 182 Å². The van der Waals surface area contributed by atoms with E-state index in [-0.39, 0.29) is 0 Å². The quantitative estimate of drug-likeness (QED) is 0.173. The number of nitrogens with zero attached hydrogens (tertiary/aromatic N) is 1. The fourth-order valence-corrected chi connectivity index (χ4v) is 10.8. The van der Waals surface area contributed by atoms with Crippen LogP contribution < -0.4 is 4.90 Å². The number of anilines is 3. The van der Waals surface area contributed by atoms with Gasteiger partial charge in [0.05, 0.1) is 11.1 Å². The molecule has 10 aromatic carbocycles. The highest BCUT2D eigenvalue weighted by Crippen LogP contribution is 2.63. The molecule has 61 heavy (non-hydrogen) atoms. The van der Waals surface area contributed by atoms with Gasteiger partial charge in [0.1, 0.15) is 11.2 Å². The predicted molar refractivity (Wildman–Crippen MR) is 253 cm³/mol. The maximum atomic E-state index is 6.45. The maximum Gasteiger partial charge on any atom is 0.136 e. The van der Waals surface area contributed by atoms with E-state index in [1.54, 1.807) is 0 Å². The summed E-state index contributed by atoms with van der Waals surface area (Å²) in [6, 6.07) is 82.3. The van der Waals surface area contributed by atoms with Crippen molar-refractivity contribution in [2.75, 3.05) is 4.90 Å². The Bertz CT molecular complexity index is 3490. The van der Waals surface area contributed by atoms with Crippen molar-refractivity contribution in [1.82, 2.24) is 0 Å². The van der Waals surface area contributed by atoms with Crippen LogP contribution in [0.4, 0.5) is 17.1 Å². The Morgan fingerprint density at radius 2 is 0.836 bits per heavy atom. The summed E-state index contributed by atoms with van der Waals surface area (Å²) in [6.45, 7) is 0. The summed E-state index contributed by atoms with van der Waals surface area (Å²) < 4.78 is 6.45. The lowest BCUT2D eigenvalue weighted by molar-refractivity contribution is 0.669. The highest BCUT2D eigenvalue weighted by Gasteiger charge is 2.51. The molecule has 0 saturated carbocycles. The Morgan fingerprint density at radius 1 is 0.328 bits per heavy atom. The summed E-state index contributed by atoms with van der Waals surface area (Å²) in [7, 11) is 0. The smallest absolute Gasteiger partial charge is 0.136 e. The molecule has 0 unspecified atom stereocenters. The fourth-order valence-electron chi connectivity index (χ4n) is 10.8. The van der Waals surface area contributed by atoms with E-state index in [1.807, 2.05) is 6.07 Å². The first-order chi connectivity index (χ1) is 30.3. The van der Waals surface area contributed by atoms with E-state index in [1.165, 1.54) is 66.4 Å². The molecule has 2 heteroatoms. The maximum absolute atomic E-state index is 6.45. The van der Waals surface area contributed by atoms with Crippen LogP contribution in [0.2, 0.25) is 0 Å². The van der Waals surface area contributed by atoms with Crippen molar-refractivity contribution in [3.63, 3.8) is 0 Å². The Kier molecular flexibility index (Phi) is 7.26. The van der Waals surface area contributed by atoms with Crippen LogP contribution in [0.5, 0.6) is 0 Å². The molecule has 0 N–H and O–H groups in total. The molecule has 0 atom stereocenters. The van der Waals surface area contributed by atoms with Gasteiger partial charge in [0.15, 0.2) is 0 Å². The number of furan rings is 1. The zero-order chi connectivity index (χ0) is 40.1. The minimum absolute atomic E-state index is 0.458. The lowest BCUT2D eigenvalue weighted by Crippen LogP contribution is -2.26. The first-order valence-electron chi connectivity index (χ1n) is 21.1. The lowest BCUT2D eigenvalue weighted by atomic mass is 9.70. The van der Waals surface area contributed by atoms with Crippen molar-refractivity contribution in [2.24, 2.45) is 0 Å². The van der Waals surface area contributed by atoms with Gasteiger partial charge in [-0.25, -0.2) is 0 Å². The summed E-state index contributed by atoms with van der Waals surface area (Å²) in [4.78, 5) is 2.47. The largest absolute Gasteiger partial charge is 0.456 e. The average molecular weight is 776 g/mol. The van der Waals surface area contributed by atoms with E-state index in [0.29, 0.717) is 0 Å². The van der Waals surface area contributed by atoms with Crippen molar-refractivity contribution < 1.29 is 4.42 Å². The van der Waals surface area contributed by atoms with Crippen molar-refractivity contribution in [1.29, 1.82) is 0 Å². The Labute approximate surface area is 354 Å². The summed E-state index contributed by atoms with van der Waals surface area (Å²) in [5.41, 5.74) is 19.8. The van der Waals surface area contributed by atoms with E-state index < -0.39 is 5.41 Å². The molecule has 11 aromatic rings. The van der Waals surface area contributed by atoms with Crippen molar-refractivity contribution >= 4 is 49.8 Å². The average Bonchev–Trinajstić information content (AvgIpc) is 3.96. The molecule has 284 valence electrons. The summed E-state index contributed by atoms with van der Waals surface area (Å²) in [5.74, 6) is 0. The van der Waals surface area contributed by atoms with Crippen LogP contribution in [0.3, 0.4) is 0 Å². The molecular formula is C59H37NO. The van der Waals surface area contributed by atoms with Crippen LogP contribution in [0.25, 0.3) is 77.2 Å². The standard InChI is InChI=1S/C59H37NO/c1-2-17-42-38(15-1)16-13-23-43(42)39-31-33-40(34-32-39)60(55-28-11-6-21-48(55)49-24-14-30-57-58(49)50-22-7-12-29-56(50)61-57)41-35-36-47-46-20-5-10-27-53(46)59(54(47)37-41)51-25-8-3-18-44(51)45-19-4-9-26-52(45)59/h1-37H. The molecule has 0 radical (unpaired) electrons. The molecule has 2 aliphatic carbocycles. The molecule has 0 fully saturated rings.